The van der Waals surface area contributed by atoms with Gasteiger partial charge in [-0.15, -0.1) is 5.10 Å². The fourth-order valence-corrected chi connectivity index (χ4v) is 3.67. The van der Waals surface area contributed by atoms with Crippen molar-refractivity contribution in [1.29, 1.82) is 0 Å². The lowest BCUT2D eigenvalue weighted by Crippen LogP contribution is -2.29. The number of thioether (sulfide) groups is 1. The van der Waals surface area contributed by atoms with Crippen LogP contribution in [0, 0.1) is 0 Å². The summed E-state index contributed by atoms with van der Waals surface area (Å²) in [5.74, 6) is -0.530. The van der Waals surface area contributed by atoms with E-state index in [1.807, 2.05) is 12.1 Å². The third-order valence-electron chi connectivity index (χ3n) is 4.17. The van der Waals surface area contributed by atoms with E-state index in [-0.39, 0.29) is 23.4 Å². The summed E-state index contributed by atoms with van der Waals surface area (Å²) >= 11 is 1.05. The minimum Gasteiger partial charge on any atom is -0.492 e. The highest BCUT2D eigenvalue weighted by Gasteiger charge is 2.32. The van der Waals surface area contributed by atoms with Crippen molar-refractivity contribution in [1.82, 2.24) is 10.2 Å². The number of carbonyl (C=O) groups is 3. The Balaban J connectivity index is 1.45. The topological polar surface area (TPSA) is 121 Å². The van der Waals surface area contributed by atoms with Gasteiger partial charge in [0.1, 0.15) is 17.6 Å². The average Bonchev–Trinajstić information content (AvgIpc) is 3.21. The van der Waals surface area contributed by atoms with Crippen molar-refractivity contribution in [2.45, 2.75) is 24.5 Å². The number of nitrogens with zero attached hydrogens (tertiary/aromatic N) is 3. The molecular weight excluding hydrogens is 384 g/mol. The van der Waals surface area contributed by atoms with Crippen LogP contribution >= 0.6 is 11.8 Å². The number of likely N-dealkylation sites (tertiary alicyclic amines) is 1. The Bertz CT molecular complexity index is 809. The molecule has 0 aromatic heterocycles. The molecule has 0 aliphatic carbocycles. The predicted octanol–water partition coefficient (Wildman–Crippen LogP) is 1.08. The highest BCUT2D eigenvalue weighted by molar-refractivity contribution is 8.15. The van der Waals surface area contributed by atoms with Gasteiger partial charge in [-0.1, -0.05) is 11.8 Å². The van der Waals surface area contributed by atoms with Crippen LogP contribution in [-0.4, -0.2) is 64.1 Å². The number of carboxylic acids is 1. The Morgan fingerprint density at radius 1 is 1.36 bits per heavy atom. The maximum absolute atomic E-state index is 11.6. The second-order valence-corrected chi connectivity index (χ2v) is 7.44. The van der Waals surface area contributed by atoms with Gasteiger partial charge in [0.15, 0.2) is 5.17 Å². The molecule has 2 N–H and O–H groups in total. The Hall–Kier alpha value is -2.88. The molecule has 2 amide bonds. The van der Waals surface area contributed by atoms with E-state index in [4.69, 9.17) is 9.84 Å². The lowest BCUT2D eigenvalue weighted by molar-refractivity contribution is -0.138. The highest BCUT2D eigenvalue weighted by atomic mass is 32.2. The number of hydrogen-bond donors (Lipinski definition) is 2. The summed E-state index contributed by atoms with van der Waals surface area (Å²) in [6, 6.07) is 7.23. The highest BCUT2D eigenvalue weighted by Crippen LogP contribution is 2.22. The van der Waals surface area contributed by atoms with Gasteiger partial charge in [0.2, 0.25) is 11.8 Å². The molecule has 0 spiro atoms. The van der Waals surface area contributed by atoms with Crippen molar-refractivity contribution >= 4 is 40.9 Å². The van der Waals surface area contributed by atoms with Crippen LogP contribution in [0.25, 0.3) is 0 Å². The molecule has 0 radical (unpaired) electrons. The zero-order valence-corrected chi connectivity index (χ0v) is 15.9. The molecule has 2 saturated heterocycles. The number of amidine groups is 1. The molecule has 1 unspecified atom stereocenters. The van der Waals surface area contributed by atoms with Crippen LogP contribution in [0.1, 0.15) is 24.8 Å². The molecule has 148 valence electrons. The normalized spacial score (nSPS) is 20.9. The number of carbonyl (C=O) groups excluding carboxylic acids is 2. The minimum atomic E-state index is -1.04. The smallest absolute Gasteiger partial charge is 0.305 e. The zero-order valence-electron chi connectivity index (χ0n) is 15.0. The average molecular weight is 404 g/mol. The minimum absolute atomic E-state index is 0.183. The fourth-order valence-electron chi connectivity index (χ4n) is 2.76. The fraction of sp³-hybridized carbons (Fsp3) is 0.389. The summed E-state index contributed by atoms with van der Waals surface area (Å²) in [4.78, 5) is 35.6. The molecule has 10 heteroatoms. The Morgan fingerprint density at radius 3 is 2.82 bits per heavy atom. The third-order valence-corrected chi connectivity index (χ3v) is 5.25. The summed E-state index contributed by atoms with van der Waals surface area (Å²) in [6.07, 6.45) is 2.81. The van der Waals surface area contributed by atoms with Gasteiger partial charge in [0.25, 0.3) is 0 Å². The lowest BCUT2D eigenvalue weighted by Gasteiger charge is -2.15. The first-order valence-corrected chi connectivity index (χ1v) is 9.70. The van der Waals surface area contributed by atoms with Gasteiger partial charge in [-0.3, -0.25) is 14.4 Å². The second-order valence-electron chi connectivity index (χ2n) is 6.25. The van der Waals surface area contributed by atoms with Gasteiger partial charge < -0.3 is 20.1 Å². The molecular formula is C18H20N4O5S. The molecule has 3 rings (SSSR count). The number of hydrogen-bond acceptors (Lipinski definition) is 7. The van der Waals surface area contributed by atoms with E-state index in [0.717, 1.165) is 30.3 Å². The Morgan fingerprint density at radius 2 is 2.14 bits per heavy atom. The summed E-state index contributed by atoms with van der Waals surface area (Å²) in [5, 5.41) is 18.7. The summed E-state index contributed by atoms with van der Waals surface area (Å²) in [7, 11) is 0. The number of carboxylic acid groups (broad SMARTS) is 1. The first-order valence-electron chi connectivity index (χ1n) is 8.82. The molecule has 2 heterocycles. The van der Waals surface area contributed by atoms with Crippen molar-refractivity contribution in [2.24, 2.45) is 10.2 Å². The van der Waals surface area contributed by atoms with E-state index in [2.05, 4.69) is 15.5 Å². The Labute approximate surface area is 165 Å². The first kappa shape index (κ1) is 19.9. The number of benzene rings is 1. The van der Waals surface area contributed by atoms with Gasteiger partial charge in [-0.2, -0.15) is 5.10 Å². The number of amides is 2. The first-order chi connectivity index (χ1) is 13.5. The predicted molar refractivity (Wildman–Crippen MR) is 105 cm³/mol. The van der Waals surface area contributed by atoms with Crippen LogP contribution in [0.2, 0.25) is 0 Å². The van der Waals surface area contributed by atoms with Crippen molar-refractivity contribution < 1.29 is 24.2 Å². The van der Waals surface area contributed by atoms with E-state index >= 15 is 0 Å². The van der Waals surface area contributed by atoms with Crippen molar-refractivity contribution in [3.05, 3.63) is 29.8 Å². The Kier molecular flexibility index (Phi) is 6.64. The van der Waals surface area contributed by atoms with Crippen molar-refractivity contribution in [2.75, 3.05) is 19.7 Å². The van der Waals surface area contributed by atoms with Gasteiger partial charge in [-0.25, -0.2) is 0 Å². The van der Waals surface area contributed by atoms with E-state index in [1.165, 1.54) is 6.21 Å². The number of rotatable bonds is 8. The zero-order chi connectivity index (χ0) is 19.9. The van der Waals surface area contributed by atoms with Gasteiger partial charge >= 0.3 is 5.97 Å². The van der Waals surface area contributed by atoms with E-state index < -0.39 is 11.2 Å². The van der Waals surface area contributed by atoms with E-state index in [9.17, 15) is 14.4 Å². The quantitative estimate of drug-likeness (QED) is 0.494. The van der Waals surface area contributed by atoms with Crippen LogP contribution in [0.5, 0.6) is 5.75 Å². The van der Waals surface area contributed by atoms with Gasteiger partial charge in [0, 0.05) is 13.0 Å². The lowest BCUT2D eigenvalue weighted by atomic mass is 10.2. The number of aliphatic carboxylic acids is 1. The van der Waals surface area contributed by atoms with Crippen LogP contribution in [0.4, 0.5) is 0 Å². The number of ether oxygens (including phenoxy) is 1. The largest absolute Gasteiger partial charge is 0.492 e. The molecule has 2 aliphatic heterocycles. The van der Waals surface area contributed by atoms with Crippen LogP contribution in [-0.2, 0) is 14.4 Å². The standard InChI is InChI=1S/C18H20N4O5S/c23-15-2-1-7-22(15)8-9-27-13-5-3-12(4-6-13)11-19-21-18-20-17(26)14(28-18)10-16(24)25/h3-6,11,14H,1-2,7-10H2,(H,24,25)(H,20,21,26). The third kappa shape index (κ3) is 5.56. The van der Waals surface area contributed by atoms with Crippen LogP contribution in [0.3, 0.4) is 0 Å². The molecule has 28 heavy (non-hydrogen) atoms. The molecule has 1 aromatic rings. The SMILES string of the molecule is O=C(O)CC1SC(=NN=Cc2ccc(OCCN3CCCC3=O)cc2)NC1=O. The number of nitrogens with one attached hydrogen (secondary N) is 1. The maximum Gasteiger partial charge on any atom is 0.305 e. The molecule has 2 fully saturated rings. The summed E-state index contributed by atoms with van der Waals surface area (Å²) < 4.78 is 5.65. The maximum atomic E-state index is 11.6. The second kappa shape index (κ2) is 9.36. The van der Waals surface area contributed by atoms with E-state index in [1.54, 1.807) is 17.0 Å². The molecule has 9 nitrogen and oxygen atoms in total. The summed E-state index contributed by atoms with van der Waals surface area (Å²) in [5.41, 5.74) is 0.794. The van der Waals surface area contributed by atoms with Gasteiger partial charge in [0.05, 0.1) is 19.2 Å². The van der Waals surface area contributed by atoms with E-state index in [0.29, 0.717) is 25.3 Å². The van der Waals surface area contributed by atoms with Crippen molar-refractivity contribution in [3.63, 3.8) is 0 Å². The molecule has 2 aliphatic rings. The van der Waals surface area contributed by atoms with Gasteiger partial charge in [-0.05, 0) is 36.2 Å². The monoisotopic (exact) mass is 404 g/mol. The van der Waals surface area contributed by atoms with Crippen molar-refractivity contribution in [3.8, 4) is 5.75 Å². The molecule has 0 saturated carbocycles. The summed E-state index contributed by atoms with van der Waals surface area (Å²) in [6.45, 7) is 1.84. The van der Waals surface area contributed by atoms with Crippen LogP contribution < -0.4 is 10.1 Å². The molecule has 1 atom stereocenters. The van der Waals surface area contributed by atoms with Crippen LogP contribution in [0.15, 0.2) is 34.5 Å². The molecule has 0 bridgehead atoms. The molecule has 1 aromatic carbocycles.